The van der Waals surface area contributed by atoms with Crippen molar-refractivity contribution in [2.75, 3.05) is 7.11 Å². The summed E-state index contributed by atoms with van der Waals surface area (Å²) in [6.07, 6.45) is 1.71. The maximum Gasteiger partial charge on any atom is 0.224 e. The molecule has 0 saturated heterocycles. The van der Waals surface area contributed by atoms with E-state index in [4.69, 9.17) is 16.3 Å². The van der Waals surface area contributed by atoms with Crippen LogP contribution in [-0.2, 0) is 6.54 Å². The third kappa shape index (κ3) is 2.32. The zero-order chi connectivity index (χ0) is 14.1. The van der Waals surface area contributed by atoms with Gasteiger partial charge in [0, 0.05) is 6.20 Å². The largest absolute Gasteiger partial charge is 0.497 e. The maximum atomic E-state index is 5.86. The second kappa shape index (κ2) is 5.09. The van der Waals surface area contributed by atoms with Crippen molar-refractivity contribution in [3.8, 4) is 5.75 Å². The maximum absolute atomic E-state index is 5.86. The van der Waals surface area contributed by atoms with Gasteiger partial charge in [-0.2, -0.15) is 10.1 Å². The Balaban J connectivity index is 1.99. The molecule has 0 fully saturated rings. The molecule has 0 saturated carbocycles. The van der Waals surface area contributed by atoms with E-state index < -0.39 is 0 Å². The average molecular weight is 289 g/mol. The number of benzene rings is 1. The first kappa shape index (κ1) is 12.9. The molecule has 0 amide bonds. The van der Waals surface area contributed by atoms with Crippen LogP contribution >= 0.6 is 11.6 Å². The fourth-order valence-corrected chi connectivity index (χ4v) is 2.23. The summed E-state index contributed by atoms with van der Waals surface area (Å²) in [7, 11) is 1.65. The molecular weight excluding hydrogens is 276 g/mol. The van der Waals surface area contributed by atoms with Crippen LogP contribution in [0.2, 0.25) is 5.28 Å². The van der Waals surface area contributed by atoms with Gasteiger partial charge in [-0.25, -0.2) is 9.67 Å². The van der Waals surface area contributed by atoms with Gasteiger partial charge >= 0.3 is 0 Å². The Morgan fingerprint density at radius 1 is 1.25 bits per heavy atom. The molecule has 6 heteroatoms. The molecule has 102 valence electrons. The summed E-state index contributed by atoms with van der Waals surface area (Å²) in [4.78, 5) is 8.25. The van der Waals surface area contributed by atoms with Crippen molar-refractivity contribution >= 4 is 22.6 Å². The lowest BCUT2D eigenvalue weighted by Gasteiger charge is -2.05. The van der Waals surface area contributed by atoms with Gasteiger partial charge < -0.3 is 4.74 Å². The van der Waals surface area contributed by atoms with Crippen LogP contribution in [0.4, 0.5) is 0 Å². The number of aryl methyl sites for hydroxylation is 1. The molecule has 3 rings (SSSR count). The summed E-state index contributed by atoms with van der Waals surface area (Å²) < 4.78 is 6.98. The number of rotatable bonds is 3. The van der Waals surface area contributed by atoms with Crippen LogP contribution < -0.4 is 4.74 Å². The van der Waals surface area contributed by atoms with Crippen LogP contribution in [0.5, 0.6) is 5.75 Å². The smallest absolute Gasteiger partial charge is 0.224 e. The summed E-state index contributed by atoms with van der Waals surface area (Å²) in [5.74, 6) is 0.834. The van der Waals surface area contributed by atoms with E-state index >= 15 is 0 Å². The normalized spacial score (nSPS) is 10.9. The molecule has 20 heavy (non-hydrogen) atoms. The third-order valence-electron chi connectivity index (χ3n) is 3.14. The number of hydrogen-bond donors (Lipinski definition) is 0. The van der Waals surface area contributed by atoms with Gasteiger partial charge in [-0.3, -0.25) is 0 Å². The highest BCUT2D eigenvalue weighted by Gasteiger charge is 2.10. The van der Waals surface area contributed by atoms with E-state index in [9.17, 15) is 0 Å². The Hall–Kier alpha value is -2.14. The minimum atomic E-state index is 0.230. The van der Waals surface area contributed by atoms with Crippen LogP contribution in [0.25, 0.3) is 11.0 Å². The van der Waals surface area contributed by atoms with E-state index in [1.54, 1.807) is 13.3 Å². The summed E-state index contributed by atoms with van der Waals surface area (Å²) in [6.45, 7) is 2.56. The van der Waals surface area contributed by atoms with Crippen molar-refractivity contribution < 1.29 is 4.74 Å². The zero-order valence-corrected chi connectivity index (χ0v) is 11.9. The van der Waals surface area contributed by atoms with E-state index in [0.717, 1.165) is 28.0 Å². The molecule has 5 nitrogen and oxygen atoms in total. The Kier molecular flexibility index (Phi) is 3.28. The quantitative estimate of drug-likeness (QED) is 0.696. The molecule has 0 N–H and O–H groups in total. The van der Waals surface area contributed by atoms with E-state index in [0.29, 0.717) is 6.54 Å². The SMILES string of the molecule is COc1ccc(Cn2nc(C)c3cnc(Cl)nc32)cc1. The molecule has 2 heterocycles. The topological polar surface area (TPSA) is 52.8 Å². The van der Waals surface area contributed by atoms with E-state index in [2.05, 4.69) is 15.1 Å². The summed E-state index contributed by atoms with van der Waals surface area (Å²) in [6, 6.07) is 7.86. The second-order valence-electron chi connectivity index (χ2n) is 4.47. The molecule has 0 atom stereocenters. The molecule has 1 aromatic carbocycles. The van der Waals surface area contributed by atoms with Crippen molar-refractivity contribution in [3.05, 3.63) is 47.0 Å². The molecule has 0 spiro atoms. The Bertz CT molecular complexity index is 752. The highest BCUT2D eigenvalue weighted by molar-refractivity contribution is 6.28. The lowest BCUT2D eigenvalue weighted by Crippen LogP contribution is -2.03. The number of hydrogen-bond acceptors (Lipinski definition) is 4. The average Bonchev–Trinajstić information content (AvgIpc) is 2.76. The van der Waals surface area contributed by atoms with Crippen LogP contribution in [0.3, 0.4) is 0 Å². The van der Waals surface area contributed by atoms with Crippen molar-refractivity contribution in [2.45, 2.75) is 13.5 Å². The Morgan fingerprint density at radius 3 is 2.70 bits per heavy atom. The van der Waals surface area contributed by atoms with Gasteiger partial charge in [0.05, 0.1) is 24.7 Å². The van der Waals surface area contributed by atoms with Crippen molar-refractivity contribution in [1.29, 1.82) is 0 Å². The van der Waals surface area contributed by atoms with Gasteiger partial charge in [-0.15, -0.1) is 0 Å². The fraction of sp³-hybridized carbons (Fsp3) is 0.214. The minimum absolute atomic E-state index is 0.230. The standard InChI is InChI=1S/C14H13ClN4O/c1-9-12-7-16-14(15)17-13(12)19(18-9)8-10-3-5-11(20-2)6-4-10/h3-7H,8H2,1-2H3. The zero-order valence-electron chi connectivity index (χ0n) is 11.2. The molecular formula is C14H13ClN4O. The number of fused-ring (bicyclic) bond motifs is 1. The van der Waals surface area contributed by atoms with Crippen molar-refractivity contribution in [1.82, 2.24) is 19.7 Å². The molecule has 0 unspecified atom stereocenters. The Morgan fingerprint density at radius 2 is 2.00 bits per heavy atom. The number of methoxy groups -OCH3 is 1. The summed E-state index contributed by atoms with van der Waals surface area (Å²) in [5, 5.41) is 5.64. The number of halogens is 1. The molecule has 2 aromatic heterocycles. The number of aromatic nitrogens is 4. The van der Waals surface area contributed by atoms with Crippen LogP contribution in [0.15, 0.2) is 30.5 Å². The Labute approximate surface area is 121 Å². The van der Waals surface area contributed by atoms with Crippen LogP contribution in [-0.4, -0.2) is 26.9 Å². The lowest BCUT2D eigenvalue weighted by atomic mass is 10.2. The first-order chi connectivity index (χ1) is 9.67. The first-order valence-corrected chi connectivity index (χ1v) is 6.54. The van der Waals surface area contributed by atoms with Gasteiger partial charge in [0.1, 0.15) is 5.75 Å². The summed E-state index contributed by atoms with van der Waals surface area (Å²) in [5.41, 5.74) is 2.76. The molecule has 0 aliphatic rings. The van der Waals surface area contributed by atoms with E-state index in [-0.39, 0.29) is 5.28 Å². The highest BCUT2D eigenvalue weighted by atomic mass is 35.5. The molecule has 3 aromatic rings. The van der Waals surface area contributed by atoms with E-state index in [1.807, 2.05) is 35.9 Å². The molecule has 0 aliphatic heterocycles. The number of ether oxygens (including phenoxy) is 1. The predicted molar refractivity (Wildman–Crippen MR) is 77.2 cm³/mol. The van der Waals surface area contributed by atoms with Gasteiger partial charge in [-0.1, -0.05) is 12.1 Å². The monoisotopic (exact) mass is 288 g/mol. The lowest BCUT2D eigenvalue weighted by molar-refractivity contribution is 0.414. The number of nitrogens with zero attached hydrogens (tertiary/aromatic N) is 4. The molecule has 0 radical (unpaired) electrons. The van der Waals surface area contributed by atoms with Gasteiger partial charge in [0.15, 0.2) is 5.65 Å². The van der Waals surface area contributed by atoms with Gasteiger partial charge in [0.2, 0.25) is 5.28 Å². The second-order valence-corrected chi connectivity index (χ2v) is 4.81. The van der Waals surface area contributed by atoms with Crippen LogP contribution in [0.1, 0.15) is 11.3 Å². The summed E-state index contributed by atoms with van der Waals surface area (Å²) >= 11 is 5.86. The third-order valence-corrected chi connectivity index (χ3v) is 3.32. The molecule has 0 bridgehead atoms. The fourth-order valence-electron chi connectivity index (χ4n) is 2.10. The van der Waals surface area contributed by atoms with Crippen molar-refractivity contribution in [3.63, 3.8) is 0 Å². The van der Waals surface area contributed by atoms with E-state index in [1.165, 1.54) is 0 Å². The first-order valence-electron chi connectivity index (χ1n) is 6.16. The predicted octanol–water partition coefficient (Wildman–Crippen LogP) is 2.85. The van der Waals surface area contributed by atoms with Gasteiger partial charge in [-0.05, 0) is 36.2 Å². The molecule has 0 aliphatic carbocycles. The van der Waals surface area contributed by atoms with Crippen molar-refractivity contribution in [2.24, 2.45) is 0 Å². The highest BCUT2D eigenvalue weighted by Crippen LogP contribution is 2.19. The van der Waals surface area contributed by atoms with Crippen LogP contribution in [0, 0.1) is 6.92 Å². The van der Waals surface area contributed by atoms with Gasteiger partial charge in [0.25, 0.3) is 0 Å². The minimum Gasteiger partial charge on any atom is -0.497 e.